The molecule has 23 heavy (non-hydrogen) atoms. The number of hydrogen-bond acceptors (Lipinski definition) is 4. The summed E-state index contributed by atoms with van der Waals surface area (Å²) in [5, 5.41) is 1.81. The van der Waals surface area contributed by atoms with Crippen LogP contribution in [-0.4, -0.2) is 18.4 Å². The first-order valence-corrected chi connectivity index (χ1v) is 8.96. The first-order valence-electron chi connectivity index (χ1n) is 8.08. The number of benzene rings is 1. The van der Waals surface area contributed by atoms with Crippen LogP contribution in [0.4, 0.5) is 0 Å². The summed E-state index contributed by atoms with van der Waals surface area (Å²) in [6.45, 7) is -0.209. The van der Waals surface area contributed by atoms with E-state index in [-0.39, 0.29) is 12.4 Å². The van der Waals surface area contributed by atoms with Crippen molar-refractivity contribution in [2.45, 2.75) is 38.0 Å². The Kier molecular flexibility index (Phi) is 5.23. The maximum absolute atomic E-state index is 12.1. The minimum atomic E-state index is -0.438. The van der Waals surface area contributed by atoms with Crippen molar-refractivity contribution < 1.29 is 14.3 Å². The van der Waals surface area contributed by atoms with Crippen molar-refractivity contribution in [3.63, 3.8) is 0 Å². The fourth-order valence-corrected chi connectivity index (χ4v) is 3.67. The highest BCUT2D eigenvalue weighted by Gasteiger charge is 2.16. The van der Waals surface area contributed by atoms with Crippen molar-refractivity contribution in [3.05, 3.63) is 57.8 Å². The molecule has 2 aromatic rings. The van der Waals surface area contributed by atoms with E-state index in [0.717, 1.165) is 0 Å². The van der Waals surface area contributed by atoms with Crippen molar-refractivity contribution in [2.75, 3.05) is 6.61 Å². The first-order chi connectivity index (χ1) is 11.2. The second-order valence-corrected chi connectivity index (χ2v) is 6.88. The molecule has 1 aliphatic rings. The molecule has 0 atom stereocenters. The lowest BCUT2D eigenvalue weighted by molar-refractivity contribution is 0.0479. The van der Waals surface area contributed by atoms with E-state index >= 15 is 0 Å². The maximum Gasteiger partial charge on any atom is 0.348 e. The molecule has 0 saturated heterocycles. The van der Waals surface area contributed by atoms with Gasteiger partial charge < -0.3 is 4.74 Å². The molecule has 0 unspecified atom stereocenters. The predicted octanol–water partition coefficient (Wildman–Crippen LogP) is 4.84. The van der Waals surface area contributed by atoms with Gasteiger partial charge in [0, 0.05) is 5.56 Å². The molecule has 3 rings (SSSR count). The van der Waals surface area contributed by atoms with Crippen LogP contribution in [0.25, 0.3) is 0 Å². The summed E-state index contributed by atoms with van der Waals surface area (Å²) >= 11 is 1.31. The van der Waals surface area contributed by atoms with E-state index in [0.29, 0.717) is 16.4 Å². The van der Waals surface area contributed by atoms with Gasteiger partial charge in [0.05, 0.1) is 0 Å². The minimum Gasteiger partial charge on any atom is -0.453 e. The second-order valence-electron chi connectivity index (χ2n) is 5.93. The van der Waals surface area contributed by atoms with Crippen LogP contribution >= 0.6 is 11.3 Å². The molecular weight excluding hydrogens is 308 g/mol. The molecular formula is C19H20O3S. The van der Waals surface area contributed by atoms with Crippen LogP contribution in [0.5, 0.6) is 0 Å². The van der Waals surface area contributed by atoms with Crippen molar-refractivity contribution in [1.82, 2.24) is 0 Å². The maximum atomic E-state index is 12.1. The van der Waals surface area contributed by atoms with Gasteiger partial charge in [-0.2, -0.15) is 0 Å². The van der Waals surface area contributed by atoms with E-state index in [1.165, 1.54) is 49.0 Å². The van der Waals surface area contributed by atoms with E-state index in [1.54, 1.807) is 12.1 Å². The number of carbonyl (C=O) groups excluding carboxylic acids is 2. The Morgan fingerprint density at radius 2 is 1.78 bits per heavy atom. The first kappa shape index (κ1) is 15.9. The largest absolute Gasteiger partial charge is 0.453 e. The van der Waals surface area contributed by atoms with Crippen molar-refractivity contribution >= 4 is 23.1 Å². The predicted molar refractivity (Wildman–Crippen MR) is 91.2 cm³/mol. The van der Waals surface area contributed by atoms with Gasteiger partial charge in [-0.3, -0.25) is 4.79 Å². The number of rotatable bonds is 5. The van der Waals surface area contributed by atoms with E-state index in [4.69, 9.17) is 4.74 Å². The number of ketones is 1. The van der Waals surface area contributed by atoms with Gasteiger partial charge in [0.2, 0.25) is 0 Å². The Balaban J connectivity index is 1.56. The molecule has 0 amide bonds. The third kappa shape index (κ3) is 4.08. The molecule has 120 valence electrons. The lowest BCUT2D eigenvalue weighted by atomic mass is 9.84. The number of hydrogen-bond donors (Lipinski definition) is 0. The van der Waals surface area contributed by atoms with Crippen LogP contribution < -0.4 is 0 Å². The average Bonchev–Trinajstić information content (AvgIpc) is 3.15. The van der Waals surface area contributed by atoms with E-state index in [1.807, 2.05) is 29.6 Å². The molecule has 0 bridgehead atoms. The minimum absolute atomic E-state index is 0.162. The van der Waals surface area contributed by atoms with Gasteiger partial charge in [-0.25, -0.2) is 4.79 Å². The summed E-state index contributed by atoms with van der Waals surface area (Å²) in [5.74, 6) is 0.0295. The molecule has 1 aliphatic carbocycles. The highest BCUT2D eigenvalue weighted by molar-refractivity contribution is 7.11. The Labute approximate surface area is 140 Å². The molecule has 0 radical (unpaired) electrons. The van der Waals surface area contributed by atoms with Crippen molar-refractivity contribution in [1.29, 1.82) is 0 Å². The van der Waals surface area contributed by atoms with Gasteiger partial charge in [-0.05, 0) is 35.8 Å². The van der Waals surface area contributed by atoms with Crippen LogP contribution in [0.3, 0.4) is 0 Å². The summed E-state index contributed by atoms with van der Waals surface area (Å²) in [4.78, 5) is 24.4. The van der Waals surface area contributed by atoms with E-state index in [2.05, 4.69) is 0 Å². The fourth-order valence-electron chi connectivity index (χ4n) is 3.06. The number of esters is 1. The van der Waals surface area contributed by atoms with Crippen LogP contribution in [0.2, 0.25) is 0 Å². The summed E-state index contributed by atoms with van der Waals surface area (Å²) in [5.41, 5.74) is 1.92. The Bertz CT molecular complexity index is 652. The lowest BCUT2D eigenvalue weighted by Crippen LogP contribution is -2.13. The summed E-state index contributed by atoms with van der Waals surface area (Å²) in [6, 6.07) is 11.3. The highest BCUT2D eigenvalue weighted by atomic mass is 32.1. The number of carbonyl (C=O) groups is 2. The fraction of sp³-hybridized carbons (Fsp3) is 0.368. The smallest absolute Gasteiger partial charge is 0.348 e. The van der Waals surface area contributed by atoms with Gasteiger partial charge in [-0.15, -0.1) is 11.3 Å². The van der Waals surface area contributed by atoms with Gasteiger partial charge in [0.25, 0.3) is 0 Å². The van der Waals surface area contributed by atoms with Crippen molar-refractivity contribution in [2.24, 2.45) is 0 Å². The number of Topliss-reactive ketones (excluding diaryl/α,β-unsaturated/α-hetero) is 1. The molecule has 1 heterocycles. The normalized spacial score (nSPS) is 15.3. The molecule has 0 aliphatic heterocycles. The Hall–Kier alpha value is -1.94. The van der Waals surface area contributed by atoms with Crippen LogP contribution in [-0.2, 0) is 4.74 Å². The molecule has 0 N–H and O–H groups in total. The Morgan fingerprint density at radius 1 is 1.04 bits per heavy atom. The van der Waals surface area contributed by atoms with E-state index in [9.17, 15) is 9.59 Å². The van der Waals surface area contributed by atoms with Gasteiger partial charge >= 0.3 is 5.97 Å². The summed E-state index contributed by atoms with van der Waals surface area (Å²) in [6.07, 6.45) is 6.41. The standard InChI is InChI=1S/C19H20O3S/c20-17(13-22-19(21)18-7-4-12-23-18)16-10-8-15(9-11-16)14-5-2-1-3-6-14/h4,7-12,14H,1-3,5-6,13H2. The summed E-state index contributed by atoms with van der Waals surface area (Å²) in [7, 11) is 0. The molecule has 1 fully saturated rings. The second kappa shape index (κ2) is 7.55. The molecule has 4 heteroatoms. The summed E-state index contributed by atoms with van der Waals surface area (Å²) < 4.78 is 5.07. The molecule has 0 spiro atoms. The molecule has 3 nitrogen and oxygen atoms in total. The third-order valence-corrected chi connectivity index (χ3v) is 5.22. The van der Waals surface area contributed by atoms with Gasteiger partial charge in [0.1, 0.15) is 4.88 Å². The zero-order chi connectivity index (χ0) is 16.1. The van der Waals surface area contributed by atoms with Gasteiger partial charge in [0.15, 0.2) is 12.4 Å². The lowest BCUT2D eigenvalue weighted by Gasteiger charge is -2.22. The topological polar surface area (TPSA) is 43.4 Å². The van der Waals surface area contributed by atoms with E-state index < -0.39 is 5.97 Å². The SMILES string of the molecule is O=C(COC(=O)c1cccs1)c1ccc(C2CCCCC2)cc1. The Morgan fingerprint density at radius 3 is 2.43 bits per heavy atom. The molecule has 1 aromatic heterocycles. The third-order valence-electron chi connectivity index (χ3n) is 4.37. The quantitative estimate of drug-likeness (QED) is 0.583. The van der Waals surface area contributed by atoms with Crippen LogP contribution in [0.15, 0.2) is 41.8 Å². The number of thiophene rings is 1. The molecule has 1 aromatic carbocycles. The van der Waals surface area contributed by atoms with Crippen molar-refractivity contribution in [3.8, 4) is 0 Å². The highest BCUT2D eigenvalue weighted by Crippen LogP contribution is 2.32. The van der Waals surface area contributed by atoms with Crippen LogP contribution in [0, 0.1) is 0 Å². The average molecular weight is 328 g/mol. The van der Waals surface area contributed by atoms with Crippen LogP contribution in [0.1, 0.15) is 63.6 Å². The van der Waals surface area contributed by atoms with Gasteiger partial charge in [-0.1, -0.05) is 49.6 Å². The molecule has 1 saturated carbocycles. The number of ether oxygens (including phenoxy) is 1. The zero-order valence-corrected chi connectivity index (χ0v) is 13.8. The zero-order valence-electron chi connectivity index (χ0n) is 13.0. The monoisotopic (exact) mass is 328 g/mol.